The Morgan fingerprint density at radius 1 is 1.50 bits per heavy atom. The second-order valence-corrected chi connectivity index (χ2v) is 5.59. The fraction of sp³-hybridized carbons (Fsp3) is 0.533. The topological polar surface area (TPSA) is 53.5 Å². The standard InChI is InChI=1S/C15H21N3O2/c1-10(2)17(3)15(20)12-8-13(19)18(4)14(12)11-6-5-7-16-9-11/h5-7,9-10,12,14H,8H2,1-4H3/t12-,14+/m1/s1. The highest BCUT2D eigenvalue weighted by molar-refractivity contribution is 5.90. The van der Waals surface area contributed by atoms with Crippen molar-refractivity contribution < 1.29 is 9.59 Å². The molecule has 1 aliphatic rings. The van der Waals surface area contributed by atoms with Gasteiger partial charge in [-0.25, -0.2) is 0 Å². The Kier molecular flexibility index (Phi) is 4.06. The van der Waals surface area contributed by atoms with Crippen LogP contribution in [0.2, 0.25) is 0 Å². The number of carbonyl (C=O) groups excluding carboxylic acids is 2. The lowest BCUT2D eigenvalue weighted by atomic mass is 9.93. The summed E-state index contributed by atoms with van der Waals surface area (Å²) in [7, 11) is 3.54. The van der Waals surface area contributed by atoms with Crippen molar-refractivity contribution in [3.8, 4) is 0 Å². The van der Waals surface area contributed by atoms with Crippen LogP contribution in [0, 0.1) is 5.92 Å². The predicted octanol–water partition coefficient (Wildman–Crippen LogP) is 1.47. The number of nitrogens with zero attached hydrogens (tertiary/aromatic N) is 3. The third-order valence-electron chi connectivity index (χ3n) is 4.05. The molecule has 0 spiro atoms. The van der Waals surface area contributed by atoms with Crippen molar-refractivity contribution in [2.75, 3.05) is 14.1 Å². The maximum atomic E-state index is 12.6. The van der Waals surface area contributed by atoms with E-state index in [9.17, 15) is 9.59 Å². The summed E-state index contributed by atoms with van der Waals surface area (Å²) in [6.45, 7) is 3.94. The molecule has 20 heavy (non-hydrogen) atoms. The molecule has 108 valence electrons. The summed E-state index contributed by atoms with van der Waals surface area (Å²) < 4.78 is 0. The Morgan fingerprint density at radius 2 is 2.20 bits per heavy atom. The molecule has 0 N–H and O–H groups in total. The second kappa shape index (κ2) is 5.61. The summed E-state index contributed by atoms with van der Waals surface area (Å²) in [6.07, 6.45) is 3.69. The Morgan fingerprint density at radius 3 is 2.75 bits per heavy atom. The van der Waals surface area contributed by atoms with Crippen LogP contribution < -0.4 is 0 Å². The van der Waals surface area contributed by atoms with Gasteiger partial charge in [0.25, 0.3) is 0 Å². The molecule has 0 unspecified atom stereocenters. The number of hydrogen-bond donors (Lipinski definition) is 0. The molecule has 5 heteroatoms. The fourth-order valence-corrected chi connectivity index (χ4v) is 2.61. The summed E-state index contributed by atoms with van der Waals surface area (Å²) in [5, 5.41) is 0. The number of amides is 2. The minimum absolute atomic E-state index is 0.00867. The van der Waals surface area contributed by atoms with E-state index in [-0.39, 0.29) is 36.2 Å². The third kappa shape index (κ3) is 2.53. The van der Waals surface area contributed by atoms with Gasteiger partial charge in [0.1, 0.15) is 0 Å². The highest BCUT2D eigenvalue weighted by Crippen LogP contribution is 2.37. The van der Waals surface area contributed by atoms with E-state index < -0.39 is 0 Å². The SMILES string of the molecule is CC(C)N(C)C(=O)[C@@H]1CC(=O)N(C)[C@H]1c1cccnc1. The first kappa shape index (κ1) is 14.5. The van der Waals surface area contributed by atoms with Crippen LogP contribution in [0.5, 0.6) is 0 Å². The normalized spacial score (nSPS) is 22.4. The number of aromatic nitrogens is 1. The molecule has 2 rings (SSSR count). The third-order valence-corrected chi connectivity index (χ3v) is 4.05. The fourth-order valence-electron chi connectivity index (χ4n) is 2.61. The van der Waals surface area contributed by atoms with Crippen LogP contribution in [0.1, 0.15) is 31.9 Å². The summed E-state index contributed by atoms with van der Waals surface area (Å²) in [4.78, 5) is 32.1. The molecule has 0 aliphatic carbocycles. The van der Waals surface area contributed by atoms with Crippen molar-refractivity contribution in [1.29, 1.82) is 0 Å². The summed E-state index contributed by atoms with van der Waals surface area (Å²) >= 11 is 0. The zero-order valence-corrected chi connectivity index (χ0v) is 12.4. The Bertz CT molecular complexity index is 501. The van der Waals surface area contributed by atoms with Crippen LogP contribution >= 0.6 is 0 Å². The number of rotatable bonds is 3. The quantitative estimate of drug-likeness (QED) is 0.839. The molecule has 0 bridgehead atoms. The molecule has 2 atom stereocenters. The maximum absolute atomic E-state index is 12.6. The Balaban J connectivity index is 2.32. The number of carbonyl (C=O) groups is 2. The van der Waals surface area contributed by atoms with Crippen molar-refractivity contribution in [2.24, 2.45) is 5.92 Å². The molecule has 1 aliphatic heterocycles. The van der Waals surface area contributed by atoms with Gasteiger partial charge in [0, 0.05) is 39.0 Å². The first-order chi connectivity index (χ1) is 9.43. The summed E-state index contributed by atoms with van der Waals surface area (Å²) in [6, 6.07) is 3.66. The molecule has 2 heterocycles. The van der Waals surface area contributed by atoms with E-state index in [1.807, 2.05) is 26.0 Å². The zero-order valence-electron chi connectivity index (χ0n) is 12.4. The molecule has 1 aromatic rings. The predicted molar refractivity (Wildman–Crippen MR) is 75.8 cm³/mol. The molecule has 2 amide bonds. The van der Waals surface area contributed by atoms with Crippen LogP contribution in [-0.2, 0) is 9.59 Å². The van der Waals surface area contributed by atoms with E-state index in [0.29, 0.717) is 0 Å². The lowest BCUT2D eigenvalue weighted by Gasteiger charge is -2.29. The molecule has 1 fully saturated rings. The van der Waals surface area contributed by atoms with Gasteiger partial charge in [0.05, 0.1) is 12.0 Å². The van der Waals surface area contributed by atoms with E-state index in [4.69, 9.17) is 0 Å². The maximum Gasteiger partial charge on any atom is 0.228 e. The Hall–Kier alpha value is -1.91. The molecule has 1 aromatic heterocycles. The smallest absolute Gasteiger partial charge is 0.228 e. The lowest BCUT2D eigenvalue weighted by Crippen LogP contribution is -2.39. The summed E-state index contributed by atoms with van der Waals surface area (Å²) in [5.41, 5.74) is 0.913. The molecule has 0 radical (unpaired) electrons. The highest BCUT2D eigenvalue weighted by Gasteiger charge is 2.44. The van der Waals surface area contributed by atoms with Gasteiger partial charge in [0.15, 0.2) is 0 Å². The summed E-state index contributed by atoms with van der Waals surface area (Å²) in [5.74, 6) is -0.301. The van der Waals surface area contributed by atoms with E-state index in [1.165, 1.54) is 0 Å². The van der Waals surface area contributed by atoms with E-state index in [1.54, 1.807) is 36.3 Å². The molecule has 5 nitrogen and oxygen atoms in total. The average Bonchev–Trinajstić information content (AvgIpc) is 2.74. The number of likely N-dealkylation sites (tertiary alicyclic amines) is 1. The monoisotopic (exact) mass is 275 g/mol. The van der Waals surface area contributed by atoms with Crippen molar-refractivity contribution in [1.82, 2.24) is 14.8 Å². The van der Waals surface area contributed by atoms with E-state index in [2.05, 4.69) is 4.98 Å². The van der Waals surface area contributed by atoms with Crippen LogP contribution in [0.25, 0.3) is 0 Å². The van der Waals surface area contributed by atoms with Crippen LogP contribution in [-0.4, -0.2) is 46.7 Å². The second-order valence-electron chi connectivity index (χ2n) is 5.59. The van der Waals surface area contributed by atoms with Gasteiger partial charge < -0.3 is 9.80 Å². The van der Waals surface area contributed by atoms with Gasteiger partial charge in [-0.15, -0.1) is 0 Å². The van der Waals surface area contributed by atoms with Crippen molar-refractivity contribution >= 4 is 11.8 Å². The van der Waals surface area contributed by atoms with Crippen molar-refractivity contribution in [3.05, 3.63) is 30.1 Å². The first-order valence-corrected chi connectivity index (χ1v) is 6.85. The molecule has 1 saturated heterocycles. The van der Waals surface area contributed by atoms with Gasteiger partial charge in [-0.3, -0.25) is 14.6 Å². The number of pyridine rings is 1. The van der Waals surface area contributed by atoms with E-state index >= 15 is 0 Å². The molecular formula is C15H21N3O2. The van der Waals surface area contributed by atoms with E-state index in [0.717, 1.165) is 5.56 Å². The van der Waals surface area contributed by atoms with Gasteiger partial charge in [0.2, 0.25) is 11.8 Å². The molecular weight excluding hydrogens is 254 g/mol. The molecule has 0 aromatic carbocycles. The van der Waals surface area contributed by atoms with Gasteiger partial charge in [-0.2, -0.15) is 0 Å². The Labute approximate surface area is 119 Å². The van der Waals surface area contributed by atoms with Crippen LogP contribution in [0.3, 0.4) is 0 Å². The average molecular weight is 275 g/mol. The lowest BCUT2D eigenvalue weighted by molar-refractivity contribution is -0.136. The van der Waals surface area contributed by atoms with Crippen molar-refractivity contribution in [3.63, 3.8) is 0 Å². The minimum atomic E-state index is -0.330. The zero-order chi connectivity index (χ0) is 14.9. The molecule has 0 saturated carbocycles. The largest absolute Gasteiger partial charge is 0.343 e. The van der Waals surface area contributed by atoms with Gasteiger partial charge in [-0.05, 0) is 25.5 Å². The minimum Gasteiger partial charge on any atom is -0.343 e. The van der Waals surface area contributed by atoms with Gasteiger partial charge >= 0.3 is 0 Å². The van der Waals surface area contributed by atoms with Crippen LogP contribution in [0.4, 0.5) is 0 Å². The number of hydrogen-bond acceptors (Lipinski definition) is 3. The first-order valence-electron chi connectivity index (χ1n) is 6.85. The highest BCUT2D eigenvalue weighted by atomic mass is 16.2. The van der Waals surface area contributed by atoms with Crippen molar-refractivity contribution in [2.45, 2.75) is 32.4 Å². The van der Waals surface area contributed by atoms with Crippen LogP contribution in [0.15, 0.2) is 24.5 Å². The van der Waals surface area contributed by atoms with Gasteiger partial charge in [-0.1, -0.05) is 6.07 Å².